The molecule has 0 aliphatic carbocycles. The van der Waals surface area contributed by atoms with E-state index < -0.39 is 5.97 Å². The van der Waals surface area contributed by atoms with Crippen LogP contribution < -0.4 is 5.32 Å². The highest BCUT2D eigenvalue weighted by Crippen LogP contribution is 2.28. The molecule has 0 bridgehead atoms. The topological polar surface area (TPSA) is 75.4 Å². The Morgan fingerprint density at radius 1 is 1.53 bits per heavy atom. The van der Waals surface area contributed by atoms with Crippen molar-refractivity contribution in [3.63, 3.8) is 0 Å². The number of rotatable bonds is 3. The number of aromatic nitrogens is 1. The van der Waals surface area contributed by atoms with Gasteiger partial charge in [0.1, 0.15) is 6.26 Å². The Morgan fingerprint density at radius 2 is 2.29 bits per heavy atom. The second-order valence-corrected chi connectivity index (χ2v) is 4.20. The number of aromatic carboxylic acids is 1. The zero-order chi connectivity index (χ0) is 12.4. The summed E-state index contributed by atoms with van der Waals surface area (Å²) in [5.74, 6) is -1.12. The molecule has 2 aromatic rings. The fraction of sp³-hybridized carbons (Fsp3) is 0.0909. The first-order valence-electron chi connectivity index (χ1n) is 4.79. The zero-order valence-corrected chi connectivity index (χ0v) is 10.5. The predicted molar refractivity (Wildman–Crippen MR) is 65.6 cm³/mol. The molecule has 17 heavy (non-hydrogen) atoms. The van der Waals surface area contributed by atoms with Crippen LogP contribution in [-0.2, 0) is 0 Å². The maximum Gasteiger partial charge on any atom is 0.357 e. The summed E-state index contributed by atoms with van der Waals surface area (Å²) in [6, 6.07) is 5.81. The van der Waals surface area contributed by atoms with Crippen LogP contribution in [0.5, 0.6) is 0 Å². The van der Waals surface area contributed by atoms with Gasteiger partial charge in [0.05, 0.1) is 5.69 Å². The van der Waals surface area contributed by atoms with Crippen molar-refractivity contribution in [3.05, 3.63) is 40.2 Å². The Hall–Kier alpha value is -1.82. The molecule has 1 heterocycles. The quantitative estimate of drug-likeness (QED) is 0.910. The minimum absolute atomic E-state index is 0.128. The SMILES string of the molecule is Cc1cccc(Nc2nc(C(=O)O)co2)c1Br. The first-order valence-corrected chi connectivity index (χ1v) is 5.58. The van der Waals surface area contributed by atoms with Crippen LogP contribution in [0, 0.1) is 6.92 Å². The minimum atomic E-state index is -1.12. The Kier molecular flexibility index (Phi) is 3.14. The van der Waals surface area contributed by atoms with E-state index in [1.165, 1.54) is 0 Å². The number of oxazole rings is 1. The summed E-state index contributed by atoms with van der Waals surface area (Å²) in [4.78, 5) is 14.4. The Bertz CT molecular complexity index is 566. The average molecular weight is 297 g/mol. The van der Waals surface area contributed by atoms with Gasteiger partial charge in [0.25, 0.3) is 6.01 Å². The summed E-state index contributed by atoms with van der Waals surface area (Å²) in [6.07, 6.45) is 1.09. The second kappa shape index (κ2) is 4.58. The van der Waals surface area contributed by atoms with Crippen LogP contribution in [0.15, 0.2) is 33.4 Å². The Balaban J connectivity index is 2.25. The van der Waals surface area contributed by atoms with Gasteiger partial charge >= 0.3 is 5.97 Å². The Labute approximate surface area is 106 Å². The fourth-order valence-corrected chi connectivity index (χ4v) is 1.65. The van der Waals surface area contributed by atoms with Crippen molar-refractivity contribution in [2.75, 3.05) is 5.32 Å². The van der Waals surface area contributed by atoms with Crippen LogP contribution in [0.2, 0.25) is 0 Å². The van der Waals surface area contributed by atoms with E-state index in [1.54, 1.807) is 0 Å². The third-order valence-electron chi connectivity index (χ3n) is 2.16. The largest absolute Gasteiger partial charge is 0.476 e. The molecule has 0 atom stereocenters. The molecule has 0 aliphatic rings. The molecular weight excluding hydrogens is 288 g/mol. The van der Waals surface area contributed by atoms with Gasteiger partial charge in [-0.25, -0.2) is 4.79 Å². The maximum atomic E-state index is 10.6. The highest BCUT2D eigenvalue weighted by molar-refractivity contribution is 9.10. The van der Waals surface area contributed by atoms with Crippen molar-refractivity contribution in [3.8, 4) is 0 Å². The number of carbonyl (C=O) groups is 1. The smallest absolute Gasteiger partial charge is 0.357 e. The maximum absolute atomic E-state index is 10.6. The number of nitrogens with zero attached hydrogens (tertiary/aromatic N) is 1. The number of carboxylic acids is 1. The first kappa shape index (κ1) is 11.7. The number of nitrogens with one attached hydrogen (secondary N) is 1. The van der Waals surface area contributed by atoms with Crippen LogP contribution in [0.3, 0.4) is 0 Å². The van der Waals surface area contributed by atoms with Crippen molar-refractivity contribution in [2.45, 2.75) is 6.92 Å². The van der Waals surface area contributed by atoms with Crippen LogP contribution in [0.4, 0.5) is 11.7 Å². The summed E-state index contributed by atoms with van der Waals surface area (Å²) < 4.78 is 5.89. The third-order valence-corrected chi connectivity index (χ3v) is 3.21. The van der Waals surface area contributed by atoms with Crippen LogP contribution >= 0.6 is 15.9 Å². The summed E-state index contributed by atoms with van der Waals surface area (Å²) >= 11 is 3.43. The zero-order valence-electron chi connectivity index (χ0n) is 8.90. The van der Waals surface area contributed by atoms with Crippen molar-refractivity contribution < 1.29 is 14.3 Å². The normalized spacial score (nSPS) is 10.2. The number of hydrogen-bond acceptors (Lipinski definition) is 4. The van der Waals surface area contributed by atoms with Gasteiger partial charge < -0.3 is 14.8 Å². The van der Waals surface area contributed by atoms with Gasteiger partial charge in [-0.05, 0) is 34.5 Å². The van der Waals surface area contributed by atoms with Crippen LogP contribution in [0.1, 0.15) is 16.1 Å². The van der Waals surface area contributed by atoms with Gasteiger partial charge in [-0.15, -0.1) is 0 Å². The molecule has 1 aromatic heterocycles. The van der Waals surface area contributed by atoms with E-state index >= 15 is 0 Å². The van der Waals surface area contributed by atoms with E-state index in [4.69, 9.17) is 9.52 Å². The first-order chi connectivity index (χ1) is 8.08. The molecule has 0 saturated carbocycles. The lowest BCUT2D eigenvalue weighted by Gasteiger charge is -2.06. The molecule has 0 unspecified atom stereocenters. The van der Waals surface area contributed by atoms with Gasteiger partial charge in [0.15, 0.2) is 5.69 Å². The Morgan fingerprint density at radius 3 is 2.94 bits per heavy atom. The minimum Gasteiger partial charge on any atom is -0.476 e. The van der Waals surface area contributed by atoms with Crippen molar-refractivity contribution in [1.82, 2.24) is 4.98 Å². The molecule has 6 heteroatoms. The molecule has 0 aliphatic heterocycles. The molecular formula is C11H9BrN2O3. The molecule has 0 radical (unpaired) electrons. The number of halogens is 1. The highest BCUT2D eigenvalue weighted by Gasteiger charge is 2.11. The van der Waals surface area contributed by atoms with Gasteiger partial charge in [-0.1, -0.05) is 12.1 Å². The highest BCUT2D eigenvalue weighted by atomic mass is 79.9. The summed E-state index contributed by atoms with van der Waals surface area (Å²) in [5, 5.41) is 11.6. The van der Waals surface area contributed by atoms with Gasteiger partial charge in [0, 0.05) is 4.47 Å². The second-order valence-electron chi connectivity index (χ2n) is 3.40. The van der Waals surface area contributed by atoms with Crippen molar-refractivity contribution in [2.24, 2.45) is 0 Å². The monoisotopic (exact) mass is 296 g/mol. The van der Waals surface area contributed by atoms with Crippen molar-refractivity contribution in [1.29, 1.82) is 0 Å². The van der Waals surface area contributed by atoms with Crippen molar-refractivity contribution >= 4 is 33.6 Å². The van der Waals surface area contributed by atoms with E-state index in [0.717, 1.165) is 22.0 Å². The van der Waals surface area contributed by atoms with E-state index in [1.807, 2.05) is 25.1 Å². The van der Waals surface area contributed by atoms with Gasteiger partial charge in [-0.2, -0.15) is 4.98 Å². The lowest BCUT2D eigenvalue weighted by atomic mass is 10.2. The summed E-state index contributed by atoms with van der Waals surface area (Å²) in [7, 11) is 0. The predicted octanol–water partition coefficient (Wildman–Crippen LogP) is 3.19. The molecule has 2 rings (SSSR count). The van der Waals surface area contributed by atoms with Crippen LogP contribution in [0.25, 0.3) is 0 Å². The molecule has 0 fully saturated rings. The molecule has 0 amide bonds. The molecule has 0 saturated heterocycles. The van der Waals surface area contributed by atoms with E-state index in [9.17, 15) is 4.79 Å². The lowest BCUT2D eigenvalue weighted by molar-refractivity contribution is 0.0690. The number of aryl methyl sites for hydroxylation is 1. The standard InChI is InChI=1S/C11H9BrN2O3/c1-6-3-2-4-7(9(6)12)13-11-14-8(5-17-11)10(15)16/h2-5H,1H3,(H,13,14)(H,15,16). The molecule has 5 nitrogen and oxygen atoms in total. The summed E-state index contributed by atoms with van der Waals surface area (Å²) in [5.41, 5.74) is 1.69. The number of benzene rings is 1. The van der Waals surface area contributed by atoms with E-state index in [-0.39, 0.29) is 11.7 Å². The molecule has 1 aromatic carbocycles. The number of anilines is 2. The lowest BCUT2D eigenvalue weighted by Crippen LogP contribution is -1.97. The average Bonchev–Trinajstić information content (AvgIpc) is 2.73. The molecule has 88 valence electrons. The van der Waals surface area contributed by atoms with Gasteiger partial charge in [-0.3, -0.25) is 0 Å². The number of carboxylic acid groups (broad SMARTS) is 1. The van der Waals surface area contributed by atoms with Crippen LogP contribution in [-0.4, -0.2) is 16.1 Å². The van der Waals surface area contributed by atoms with E-state index in [0.29, 0.717) is 0 Å². The van der Waals surface area contributed by atoms with E-state index in [2.05, 4.69) is 26.2 Å². The molecule has 0 spiro atoms. The third kappa shape index (κ3) is 2.47. The fourth-order valence-electron chi connectivity index (χ4n) is 1.29. The van der Waals surface area contributed by atoms with Gasteiger partial charge in [0.2, 0.25) is 0 Å². The summed E-state index contributed by atoms with van der Waals surface area (Å²) in [6.45, 7) is 1.95. The number of hydrogen-bond donors (Lipinski definition) is 2. The molecule has 2 N–H and O–H groups in total.